The van der Waals surface area contributed by atoms with Crippen LogP contribution in [-0.4, -0.2) is 18.8 Å². The van der Waals surface area contributed by atoms with E-state index in [1.165, 1.54) is 0 Å². The van der Waals surface area contributed by atoms with Gasteiger partial charge in [-0.05, 0) is 20.8 Å². The van der Waals surface area contributed by atoms with E-state index in [1.807, 2.05) is 0 Å². The van der Waals surface area contributed by atoms with Gasteiger partial charge in [-0.15, -0.1) is 0 Å². The zero-order valence-corrected chi connectivity index (χ0v) is 9.39. The first-order valence-corrected chi connectivity index (χ1v) is 4.63. The number of nitrogens with zero attached hydrogens (tertiary/aromatic N) is 1. The first-order valence-electron chi connectivity index (χ1n) is 4.26. The van der Waals surface area contributed by atoms with Gasteiger partial charge in [0, 0.05) is 6.21 Å². The van der Waals surface area contributed by atoms with Gasteiger partial charge in [0.25, 0.3) is 0 Å². The first kappa shape index (κ1) is 12.9. The van der Waals surface area contributed by atoms with Crippen LogP contribution in [0.5, 0.6) is 0 Å². The Hall–Kier alpha value is -1.09. The molecule has 4 heteroatoms. The van der Waals surface area contributed by atoms with E-state index in [0.29, 0.717) is 12.3 Å². The van der Waals surface area contributed by atoms with Crippen molar-refractivity contribution in [2.45, 2.75) is 20.8 Å². The van der Waals surface area contributed by atoms with Gasteiger partial charge in [0.05, 0.1) is 22.9 Å². The molecule has 78 valence electrons. The molecule has 0 heterocycles. The minimum absolute atomic E-state index is 0.136. The third kappa shape index (κ3) is 3.75. The standard InChI is InChI=1S/C10H14ClNO2/c1-5-12-8(4)9(11)7(3)10(13)14-6-2/h5H,3,6H2,1-2,4H3/b9-8-,12-5?. The van der Waals surface area contributed by atoms with Crippen molar-refractivity contribution in [2.75, 3.05) is 6.61 Å². The number of carbonyl (C=O) groups is 1. The van der Waals surface area contributed by atoms with Gasteiger partial charge in [0.1, 0.15) is 0 Å². The van der Waals surface area contributed by atoms with Crippen LogP contribution in [0, 0.1) is 0 Å². The van der Waals surface area contributed by atoms with Gasteiger partial charge < -0.3 is 4.74 Å². The summed E-state index contributed by atoms with van der Waals surface area (Å²) >= 11 is 5.86. The van der Waals surface area contributed by atoms with Crippen molar-refractivity contribution in [1.82, 2.24) is 0 Å². The number of carbonyl (C=O) groups excluding carboxylic acids is 1. The predicted octanol–water partition coefficient (Wildman–Crippen LogP) is 2.67. The lowest BCUT2D eigenvalue weighted by Gasteiger charge is -2.04. The maximum Gasteiger partial charge on any atom is 0.339 e. The van der Waals surface area contributed by atoms with E-state index < -0.39 is 5.97 Å². The quantitative estimate of drug-likeness (QED) is 0.313. The molecule has 0 rings (SSSR count). The van der Waals surface area contributed by atoms with Crippen molar-refractivity contribution in [1.29, 1.82) is 0 Å². The Kier molecular flexibility index (Phi) is 5.88. The van der Waals surface area contributed by atoms with Crippen LogP contribution in [0.3, 0.4) is 0 Å². The second-order valence-corrected chi connectivity index (χ2v) is 2.86. The summed E-state index contributed by atoms with van der Waals surface area (Å²) in [6.07, 6.45) is 1.59. The second-order valence-electron chi connectivity index (χ2n) is 2.49. The van der Waals surface area contributed by atoms with Crippen molar-refractivity contribution in [2.24, 2.45) is 4.99 Å². The lowest BCUT2D eigenvalue weighted by atomic mass is 10.2. The molecule has 0 amide bonds. The zero-order chi connectivity index (χ0) is 11.1. The Labute approximate surface area is 89.1 Å². The molecule has 0 N–H and O–H groups in total. The highest BCUT2D eigenvalue weighted by Crippen LogP contribution is 2.19. The first-order chi connectivity index (χ1) is 6.54. The van der Waals surface area contributed by atoms with Crippen LogP contribution in [0.1, 0.15) is 20.8 Å². The number of esters is 1. The molecular weight excluding hydrogens is 202 g/mol. The topological polar surface area (TPSA) is 38.7 Å². The molecule has 0 saturated carbocycles. The van der Waals surface area contributed by atoms with E-state index >= 15 is 0 Å². The molecule has 0 unspecified atom stereocenters. The fraction of sp³-hybridized carbons (Fsp3) is 0.400. The molecule has 14 heavy (non-hydrogen) atoms. The van der Waals surface area contributed by atoms with Crippen LogP contribution < -0.4 is 0 Å². The number of halogens is 1. The third-order valence-electron chi connectivity index (χ3n) is 1.43. The highest BCUT2D eigenvalue weighted by molar-refractivity contribution is 6.35. The van der Waals surface area contributed by atoms with E-state index in [9.17, 15) is 4.79 Å². The second kappa shape index (κ2) is 6.38. The van der Waals surface area contributed by atoms with Crippen LogP contribution in [0.15, 0.2) is 27.9 Å². The molecule has 0 aromatic rings. The third-order valence-corrected chi connectivity index (χ3v) is 1.93. The number of hydrogen-bond acceptors (Lipinski definition) is 3. The van der Waals surface area contributed by atoms with Gasteiger partial charge in [-0.25, -0.2) is 4.79 Å². The normalized spacial score (nSPS) is 12.6. The molecule has 0 fully saturated rings. The van der Waals surface area contributed by atoms with Gasteiger partial charge in [-0.2, -0.15) is 0 Å². The lowest BCUT2D eigenvalue weighted by molar-refractivity contribution is -0.138. The zero-order valence-electron chi connectivity index (χ0n) is 8.63. The number of rotatable bonds is 4. The van der Waals surface area contributed by atoms with E-state index in [0.717, 1.165) is 0 Å². The summed E-state index contributed by atoms with van der Waals surface area (Å²) < 4.78 is 4.74. The fourth-order valence-electron chi connectivity index (χ4n) is 0.777. The summed E-state index contributed by atoms with van der Waals surface area (Å²) in [5.41, 5.74) is 0.684. The van der Waals surface area contributed by atoms with Gasteiger partial charge in [0.15, 0.2) is 0 Å². The SMILES string of the molecule is C=C(C(=O)OCC)/C(Cl)=C(\C)N=CC. The summed E-state index contributed by atoms with van der Waals surface area (Å²) in [4.78, 5) is 15.1. The Morgan fingerprint density at radius 3 is 2.64 bits per heavy atom. The smallest absolute Gasteiger partial charge is 0.339 e. The molecule has 0 aromatic heterocycles. The Bertz CT molecular complexity index is 292. The summed E-state index contributed by atoms with van der Waals surface area (Å²) in [6.45, 7) is 9.03. The predicted molar refractivity (Wildman–Crippen MR) is 58.5 cm³/mol. The van der Waals surface area contributed by atoms with Crippen molar-refractivity contribution in [3.8, 4) is 0 Å². The average Bonchev–Trinajstić information content (AvgIpc) is 2.16. The molecule has 0 aliphatic heterocycles. The monoisotopic (exact) mass is 215 g/mol. The molecule has 0 spiro atoms. The van der Waals surface area contributed by atoms with Crippen molar-refractivity contribution in [3.05, 3.63) is 22.9 Å². The van der Waals surface area contributed by atoms with Gasteiger partial charge in [-0.1, -0.05) is 18.2 Å². The minimum Gasteiger partial charge on any atom is -0.462 e. The Morgan fingerprint density at radius 2 is 2.21 bits per heavy atom. The number of ether oxygens (including phenoxy) is 1. The van der Waals surface area contributed by atoms with E-state index in [4.69, 9.17) is 16.3 Å². The maximum absolute atomic E-state index is 11.2. The molecule has 0 saturated heterocycles. The highest BCUT2D eigenvalue weighted by atomic mass is 35.5. The van der Waals surface area contributed by atoms with Crippen molar-refractivity contribution < 1.29 is 9.53 Å². The largest absolute Gasteiger partial charge is 0.462 e. The fourth-order valence-corrected chi connectivity index (χ4v) is 0.902. The van der Waals surface area contributed by atoms with E-state index in [2.05, 4.69) is 11.6 Å². The molecule has 0 aliphatic rings. The van der Waals surface area contributed by atoms with Crippen LogP contribution in [0.2, 0.25) is 0 Å². The Balaban J connectivity index is 4.69. The highest BCUT2D eigenvalue weighted by Gasteiger charge is 2.13. The molecule has 0 bridgehead atoms. The number of hydrogen-bond donors (Lipinski definition) is 0. The average molecular weight is 216 g/mol. The molecule has 0 radical (unpaired) electrons. The minimum atomic E-state index is -0.511. The summed E-state index contributed by atoms with van der Waals surface area (Å²) in [6, 6.07) is 0. The number of allylic oxidation sites excluding steroid dienone is 1. The van der Waals surface area contributed by atoms with Crippen molar-refractivity contribution in [3.63, 3.8) is 0 Å². The van der Waals surface area contributed by atoms with Crippen LogP contribution in [0.4, 0.5) is 0 Å². The van der Waals surface area contributed by atoms with Crippen molar-refractivity contribution >= 4 is 23.8 Å². The van der Waals surface area contributed by atoms with Gasteiger partial charge in [-0.3, -0.25) is 4.99 Å². The van der Waals surface area contributed by atoms with Crippen LogP contribution >= 0.6 is 11.6 Å². The number of aliphatic imine (C=N–C) groups is 1. The van der Waals surface area contributed by atoms with Gasteiger partial charge in [0.2, 0.25) is 0 Å². The van der Waals surface area contributed by atoms with Crippen LogP contribution in [0.25, 0.3) is 0 Å². The molecular formula is C10H14ClNO2. The van der Waals surface area contributed by atoms with E-state index in [1.54, 1.807) is 27.0 Å². The summed E-state index contributed by atoms with van der Waals surface area (Å²) in [7, 11) is 0. The molecule has 0 aliphatic carbocycles. The lowest BCUT2D eigenvalue weighted by Crippen LogP contribution is -2.07. The Morgan fingerprint density at radius 1 is 1.64 bits per heavy atom. The molecule has 3 nitrogen and oxygen atoms in total. The summed E-state index contributed by atoms with van der Waals surface area (Å²) in [5, 5.41) is 0.238. The summed E-state index contributed by atoms with van der Waals surface area (Å²) in [5.74, 6) is -0.511. The molecule has 0 atom stereocenters. The van der Waals surface area contributed by atoms with Crippen LogP contribution in [-0.2, 0) is 9.53 Å². The molecule has 0 aromatic carbocycles. The van der Waals surface area contributed by atoms with E-state index in [-0.39, 0.29) is 10.6 Å². The van der Waals surface area contributed by atoms with Gasteiger partial charge >= 0.3 is 5.97 Å². The maximum atomic E-state index is 11.2.